The Bertz CT molecular complexity index is 324. The third-order valence-corrected chi connectivity index (χ3v) is 3.23. The van der Waals surface area contributed by atoms with E-state index in [1.54, 1.807) is 11.9 Å². The second-order valence-corrected chi connectivity index (χ2v) is 4.65. The largest absolute Gasteiger partial charge is 0.481 e. The van der Waals surface area contributed by atoms with Gasteiger partial charge in [-0.1, -0.05) is 12.8 Å². The normalized spacial score (nSPS) is 15.4. The Morgan fingerprint density at radius 2 is 1.83 bits per heavy atom. The molecule has 0 radical (unpaired) electrons. The first-order valence-electron chi connectivity index (χ1n) is 6.29. The van der Waals surface area contributed by atoms with E-state index in [0.717, 1.165) is 25.7 Å². The number of hydrogen-bond donors (Lipinski definition) is 2. The first-order chi connectivity index (χ1) is 8.50. The van der Waals surface area contributed by atoms with Crippen molar-refractivity contribution < 1.29 is 19.5 Å². The van der Waals surface area contributed by atoms with Gasteiger partial charge in [0.25, 0.3) is 0 Å². The lowest BCUT2D eigenvalue weighted by Gasteiger charge is -2.24. The highest BCUT2D eigenvalue weighted by molar-refractivity contribution is 5.94. The number of imide groups is 1. The van der Waals surface area contributed by atoms with Crippen molar-refractivity contribution in [3.05, 3.63) is 0 Å². The Morgan fingerprint density at radius 3 is 2.39 bits per heavy atom. The predicted molar refractivity (Wildman–Crippen MR) is 65.0 cm³/mol. The second-order valence-electron chi connectivity index (χ2n) is 4.65. The maximum absolute atomic E-state index is 11.7. The lowest BCUT2D eigenvalue weighted by Crippen LogP contribution is -2.44. The minimum atomic E-state index is -0.933. The van der Waals surface area contributed by atoms with Crippen LogP contribution in [0.25, 0.3) is 0 Å². The van der Waals surface area contributed by atoms with E-state index in [4.69, 9.17) is 5.11 Å². The molecule has 102 valence electrons. The minimum absolute atomic E-state index is 0.0555. The lowest BCUT2D eigenvalue weighted by atomic mass is 10.2. The number of hydrogen-bond acceptors (Lipinski definition) is 3. The summed E-state index contributed by atoms with van der Waals surface area (Å²) in [5.41, 5.74) is 0. The fourth-order valence-electron chi connectivity index (χ4n) is 2.13. The molecule has 1 aliphatic carbocycles. The van der Waals surface area contributed by atoms with Crippen molar-refractivity contribution in [1.29, 1.82) is 0 Å². The highest BCUT2D eigenvalue weighted by Gasteiger charge is 2.24. The molecule has 0 unspecified atom stereocenters. The topological polar surface area (TPSA) is 86.7 Å². The van der Waals surface area contributed by atoms with Gasteiger partial charge >= 0.3 is 12.0 Å². The maximum atomic E-state index is 11.7. The second kappa shape index (κ2) is 6.98. The van der Waals surface area contributed by atoms with Crippen LogP contribution in [-0.2, 0) is 9.59 Å². The zero-order valence-electron chi connectivity index (χ0n) is 10.6. The average molecular weight is 256 g/mol. The van der Waals surface area contributed by atoms with Gasteiger partial charge in [0.05, 0.1) is 0 Å². The Kier molecular flexibility index (Phi) is 5.61. The van der Waals surface area contributed by atoms with Crippen molar-refractivity contribution in [2.45, 2.75) is 51.0 Å². The summed E-state index contributed by atoms with van der Waals surface area (Å²) in [6, 6.07) is -0.168. The van der Waals surface area contributed by atoms with Crippen molar-refractivity contribution in [3.63, 3.8) is 0 Å². The van der Waals surface area contributed by atoms with Crippen LogP contribution in [-0.4, -0.2) is 41.0 Å². The monoisotopic (exact) mass is 256 g/mol. The van der Waals surface area contributed by atoms with Gasteiger partial charge in [0, 0.05) is 25.9 Å². The van der Waals surface area contributed by atoms with Gasteiger partial charge in [-0.05, 0) is 19.3 Å². The molecule has 0 aromatic heterocycles. The van der Waals surface area contributed by atoms with Crippen LogP contribution in [0.4, 0.5) is 4.79 Å². The summed E-state index contributed by atoms with van der Waals surface area (Å²) in [5, 5.41) is 10.7. The number of nitrogens with zero attached hydrogens (tertiary/aromatic N) is 1. The van der Waals surface area contributed by atoms with Crippen molar-refractivity contribution >= 4 is 17.9 Å². The Labute approximate surface area is 106 Å². The van der Waals surface area contributed by atoms with E-state index in [9.17, 15) is 14.4 Å². The van der Waals surface area contributed by atoms with Gasteiger partial charge in [-0.25, -0.2) is 4.79 Å². The average Bonchev–Trinajstić information content (AvgIpc) is 2.80. The van der Waals surface area contributed by atoms with E-state index in [1.165, 1.54) is 0 Å². The van der Waals surface area contributed by atoms with Crippen LogP contribution >= 0.6 is 0 Å². The van der Waals surface area contributed by atoms with Crippen molar-refractivity contribution in [2.24, 2.45) is 0 Å². The molecule has 1 aliphatic rings. The number of carboxylic acids is 1. The van der Waals surface area contributed by atoms with E-state index >= 15 is 0 Å². The molecule has 0 heterocycles. The number of carbonyl (C=O) groups excluding carboxylic acids is 2. The van der Waals surface area contributed by atoms with Crippen LogP contribution < -0.4 is 5.32 Å². The van der Waals surface area contributed by atoms with Crippen molar-refractivity contribution in [3.8, 4) is 0 Å². The van der Waals surface area contributed by atoms with E-state index in [2.05, 4.69) is 5.32 Å². The van der Waals surface area contributed by atoms with Crippen LogP contribution in [0.15, 0.2) is 0 Å². The van der Waals surface area contributed by atoms with Crippen LogP contribution in [0.2, 0.25) is 0 Å². The van der Waals surface area contributed by atoms with Crippen LogP contribution in [0.5, 0.6) is 0 Å². The maximum Gasteiger partial charge on any atom is 0.324 e. The molecular formula is C12H20N2O4. The molecule has 1 rings (SSSR count). The molecule has 1 fully saturated rings. The van der Waals surface area contributed by atoms with Gasteiger partial charge in [0.2, 0.25) is 5.91 Å². The molecule has 0 aromatic carbocycles. The molecule has 6 heteroatoms. The van der Waals surface area contributed by atoms with Gasteiger partial charge in [-0.3, -0.25) is 14.9 Å². The van der Waals surface area contributed by atoms with Crippen LogP contribution in [0.1, 0.15) is 44.9 Å². The summed E-state index contributed by atoms with van der Waals surface area (Å²) in [5.74, 6) is -1.34. The van der Waals surface area contributed by atoms with Gasteiger partial charge < -0.3 is 10.0 Å². The number of aliphatic carboxylic acids is 1. The highest BCUT2D eigenvalue weighted by atomic mass is 16.4. The fraction of sp³-hybridized carbons (Fsp3) is 0.750. The molecule has 0 aliphatic heterocycles. The Balaban J connectivity index is 2.25. The molecule has 3 amide bonds. The third kappa shape index (κ3) is 4.73. The van der Waals surface area contributed by atoms with Gasteiger partial charge in [0.15, 0.2) is 0 Å². The summed E-state index contributed by atoms with van der Waals surface area (Å²) >= 11 is 0. The molecule has 18 heavy (non-hydrogen) atoms. The predicted octanol–water partition coefficient (Wildman–Crippen LogP) is 1.35. The molecule has 2 N–H and O–H groups in total. The molecule has 0 saturated heterocycles. The molecular weight excluding hydrogens is 236 g/mol. The number of carboxylic acid groups (broad SMARTS) is 1. The van der Waals surface area contributed by atoms with Gasteiger partial charge in [-0.15, -0.1) is 0 Å². The van der Waals surface area contributed by atoms with Crippen LogP contribution in [0.3, 0.4) is 0 Å². The molecule has 0 bridgehead atoms. The molecule has 1 saturated carbocycles. The molecule has 0 atom stereocenters. The Hall–Kier alpha value is -1.59. The Morgan fingerprint density at radius 1 is 1.22 bits per heavy atom. The van der Waals surface area contributed by atoms with E-state index in [-0.39, 0.29) is 31.3 Å². The smallest absolute Gasteiger partial charge is 0.324 e. The molecule has 6 nitrogen and oxygen atoms in total. The number of rotatable bonds is 5. The summed E-state index contributed by atoms with van der Waals surface area (Å²) in [4.78, 5) is 35.0. The molecule has 0 spiro atoms. The summed E-state index contributed by atoms with van der Waals surface area (Å²) in [7, 11) is 1.69. The zero-order valence-corrected chi connectivity index (χ0v) is 10.6. The summed E-state index contributed by atoms with van der Waals surface area (Å²) in [6.07, 6.45) is 4.47. The summed E-state index contributed by atoms with van der Waals surface area (Å²) < 4.78 is 0. The number of amides is 3. The highest BCUT2D eigenvalue weighted by Crippen LogP contribution is 2.22. The minimum Gasteiger partial charge on any atom is -0.481 e. The number of carbonyl (C=O) groups is 3. The lowest BCUT2D eigenvalue weighted by molar-refractivity contribution is -0.137. The van der Waals surface area contributed by atoms with Crippen LogP contribution in [0, 0.1) is 0 Å². The molecule has 0 aromatic rings. The van der Waals surface area contributed by atoms with Crippen molar-refractivity contribution in [1.82, 2.24) is 10.2 Å². The van der Waals surface area contributed by atoms with Gasteiger partial charge in [0.1, 0.15) is 0 Å². The summed E-state index contributed by atoms with van der Waals surface area (Å²) in [6.45, 7) is 0. The first kappa shape index (κ1) is 14.5. The zero-order chi connectivity index (χ0) is 13.5. The number of urea groups is 1. The quantitative estimate of drug-likeness (QED) is 0.777. The van der Waals surface area contributed by atoms with E-state index < -0.39 is 11.9 Å². The van der Waals surface area contributed by atoms with Gasteiger partial charge in [-0.2, -0.15) is 0 Å². The standard InChI is InChI=1S/C12H20N2O4/c1-14(9-5-2-3-6-9)12(18)13-10(15)7-4-8-11(16)17/h9H,2-8H2,1H3,(H,16,17)(H,13,15,18). The van der Waals surface area contributed by atoms with E-state index in [1.807, 2.05) is 0 Å². The van der Waals surface area contributed by atoms with E-state index in [0.29, 0.717) is 0 Å². The number of nitrogens with one attached hydrogen (secondary N) is 1. The SMILES string of the molecule is CN(C(=O)NC(=O)CCCC(=O)O)C1CCCC1. The fourth-order valence-corrected chi connectivity index (χ4v) is 2.13. The first-order valence-corrected chi connectivity index (χ1v) is 6.29. The van der Waals surface area contributed by atoms with Crippen molar-refractivity contribution in [2.75, 3.05) is 7.05 Å². The third-order valence-electron chi connectivity index (χ3n) is 3.23.